The van der Waals surface area contributed by atoms with Crippen molar-refractivity contribution in [1.29, 1.82) is 0 Å². The van der Waals surface area contributed by atoms with Crippen molar-refractivity contribution in [2.75, 3.05) is 0 Å². The third-order valence-corrected chi connectivity index (χ3v) is 7.11. The lowest BCUT2D eigenvalue weighted by Crippen LogP contribution is -2.12. The minimum atomic E-state index is -0.213. The van der Waals surface area contributed by atoms with Gasteiger partial charge in [0.2, 0.25) is 0 Å². The van der Waals surface area contributed by atoms with Crippen LogP contribution >= 0.6 is 0 Å². The molecule has 1 heteroatoms. The van der Waals surface area contributed by atoms with Crippen molar-refractivity contribution >= 4 is 10.8 Å². The molecule has 0 aromatic heterocycles. The summed E-state index contributed by atoms with van der Waals surface area (Å²) in [6.07, 6.45) is 11.4. The van der Waals surface area contributed by atoms with Crippen molar-refractivity contribution < 1.29 is 4.39 Å². The molecule has 0 saturated heterocycles. The smallest absolute Gasteiger partial charge is 0.146 e. The predicted molar refractivity (Wildman–Crippen MR) is 134 cm³/mol. The molecule has 0 heterocycles. The molecule has 0 radical (unpaired) electrons. The van der Waals surface area contributed by atoms with Crippen LogP contribution in [0.3, 0.4) is 0 Å². The lowest BCUT2D eigenvalue weighted by Gasteiger charge is -2.26. The van der Waals surface area contributed by atoms with Crippen LogP contribution < -0.4 is 0 Å². The third kappa shape index (κ3) is 5.80. The van der Waals surface area contributed by atoms with Gasteiger partial charge < -0.3 is 0 Å². The van der Waals surface area contributed by atoms with Gasteiger partial charge in [-0.05, 0) is 72.2 Å². The average Bonchev–Trinajstić information content (AvgIpc) is 2.82. The van der Waals surface area contributed by atoms with Gasteiger partial charge in [-0.15, -0.1) is 0 Å². The summed E-state index contributed by atoms with van der Waals surface area (Å²) >= 11 is 0. The van der Waals surface area contributed by atoms with Gasteiger partial charge in [0.1, 0.15) is 5.82 Å². The molecule has 1 fully saturated rings. The summed E-state index contributed by atoms with van der Waals surface area (Å²) in [5.41, 5.74) is 4.06. The highest BCUT2D eigenvalue weighted by atomic mass is 19.1. The molecule has 166 valence electrons. The van der Waals surface area contributed by atoms with Gasteiger partial charge in [0.05, 0.1) is 5.56 Å². The van der Waals surface area contributed by atoms with Gasteiger partial charge in [0.15, 0.2) is 0 Å². The van der Waals surface area contributed by atoms with Crippen molar-refractivity contribution in [3.05, 3.63) is 82.7 Å². The minimum Gasteiger partial charge on any atom is -0.205 e. The second kappa shape index (κ2) is 10.8. The number of rotatable bonds is 6. The lowest BCUT2D eigenvalue weighted by atomic mass is 9.80. The number of aryl methyl sites for hydroxylation is 2. The first-order valence-corrected chi connectivity index (χ1v) is 12.4. The quantitative estimate of drug-likeness (QED) is 0.347. The van der Waals surface area contributed by atoms with E-state index in [4.69, 9.17) is 0 Å². The van der Waals surface area contributed by atoms with Crippen molar-refractivity contribution in [2.24, 2.45) is 11.8 Å². The van der Waals surface area contributed by atoms with Crippen LogP contribution in [0, 0.1) is 29.5 Å². The molecule has 1 aliphatic carbocycles. The molecule has 3 aromatic rings. The number of halogens is 1. The number of unbranched alkanes of at least 4 members (excludes halogenated alkanes) is 1. The summed E-state index contributed by atoms with van der Waals surface area (Å²) in [5, 5.41) is 1.61. The molecule has 0 nitrogen and oxygen atoms in total. The van der Waals surface area contributed by atoms with Crippen LogP contribution in [0.5, 0.6) is 0 Å². The molecular weight excluding hydrogens is 391 g/mol. The molecule has 0 unspecified atom stereocenters. The molecule has 1 aliphatic rings. The molecule has 0 atom stereocenters. The van der Waals surface area contributed by atoms with Gasteiger partial charge >= 0.3 is 0 Å². The van der Waals surface area contributed by atoms with Gasteiger partial charge in [-0.3, -0.25) is 0 Å². The highest BCUT2D eigenvalue weighted by molar-refractivity contribution is 5.85. The van der Waals surface area contributed by atoms with Crippen molar-refractivity contribution in [2.45, 2.75) is 71.6 Å². The molecule has 4 rings (SSSR count). The van der Waals surface area contributed by atoms with E-state index in [2.05, 4.69) is 56.0 Å². The molecular formula is C31H35F. The second-order valence-electron chi connectivity index (χ2n) is 9.70. The molecule has 32 heavy (non-hydrogen) atoms. The zero-order valence-electron chi connectivity index (χ0n) is 19.6. The fraction of sp³-hybridized carbons (Fsp3) is 0.419. The zero-order chi connectivity index (χ0) is 22.3. The zero-order valence-corrected chi connectivity index (χ0v) is 19.6. The number of benzene rings is 3. The Balaban J connectivity index is 1.40. The molecule has 0 N–H and O–H groups in total. The number of fused-ring (bicyclic) bond motifs is 1. The average molecular weight is 427 g/mol. The molecule has 0 amide bonds. The van der Waals surface area contributed by atoms with Crippen molar-refractivity contribution in [3.8, 4) is 11.8 Å². The van der Waals surface area contributed by atoms with Gasteiger partial charge in [0.25, 0.3) is 0 Å². The maximum Gasteiger partial charge on any atom is 0.146 e. The van der Waals surface area contributed by atoms with E-state index in [0.29, 0.717) is 10.9 Å². The molecule has 0 aliphatic heterocycles. The van der Waals surface area contributed by atoms with E-state index in [9.17, 15) is 0 Å². The Bertz CT molecular complexity index is 1090. The van der Waals surface area contributed by atoms with Crippen LogP contribution in [0.1, 0.15) is 81.0 Å². The Morgan fingerprint density at radius 2 is 1.59 bits per heavy atom. The van der Waals surface area contributed by atoms with Crippen LogP contribution in [0.15, 0.2) is 54.6 Å². The Morgan fingerprint density at radius 3 is 2.34 bits per heavy atom. The fourth-order valence-electron chi connectivity index (χ4n) is 4.86. The van der Waals surface area contributed by atoms with Gasteiger partial charge in [-0.1, -0.05) is 94.2 Å². The first kappa shape index (κ1) is 22.6. The van der Waals surface area contributed by atoms with E-state index >= 15 is 4.39 Å². The molecule has 3 aromatic carbocycles. The van der Waals surface area contributed by atoms with Crippen LogP contribution in [-0.4, -0.2) is 0 Å². The Hall–Kier alpha value is -2.59. The van der Waals surface area contributed by atoms with E-state index < -0.39 is 0 Å². The molecule has 0 bridgehead atoms. The monoisotopic (exact) mass is 426 g/mol. The van der Waals surface area contributed by atoms with Crippen LogP contribution in [0.25, 0.3) is 10.8 Å². The highest BCUT2D eigenvalue weighted by Gasteiger charge is 2.17. The van der Waals surface area contributed by atoms with Gasteiger partial charge in [-0.2, -0.15) is 0 Å². The first-order valence-electron chi connectivity index (χ1n) is 12.4. The van der Waals surface area contributed by atoms with E-state index in [1.165, 1.54) is 49.7 Å². The van der Waals surface area contributed by atoms with Crippen LogP contribution in [-0.2, 0) is 12.8 Å². The number of hydrogen-bond donors (Lipinski definition) is 0. The summed E-state index contributed by atoms with van der Waals surface area (Å²) in [6, 6.07) is 18.4. The van der Waals surface area contributed by atoms with E-state index in [-0.39, 0.29) is 5.82 Å². The Morgan fingerprint density at radius 1 is 0.844 bits per heavy atom. The van der Waals surface area contributed by atoms with Crippen LogP contribution in [0.4, 0.5) is 4.39 Å². The Kier molecular flexibility index (Phi) is 7.64. The third-order valence-electron chi connectivity index (χ3n) is 7.11. The number of hydrogen-bond acceptors (Lipinski definition) is 0. The first-order chi connectivity index (χ1) is 15.6. The van der Waals surface area contributed by atoms with Crippen LogP contribution in [0.2, 0.25) is 0 Å². The minimum absolute atomic E-state index is 0.213. The lowest BCUT2D eigenvalue weighted by molar-refractivity contribution is 0.278. The highest BCUT2D eigenvalue weighted by Crippen LogP contribution is 2.31. The maximum atomic E-state index is 15.0. The normalized spacial score (nSPS) is 18.3. The summed E-state index contributed by atoms with van der Waals surface area (Å²) in [5.74, 6) is 7.80. The summed E-state index contributed by atoms with van der Waals surface area (Å²) in [4.78, 5) is 0. The van der Waals surface area contributed by atoms with E-state index in [0.717, 1.165) is 42.0 Å². The predicted octanol–water partition coefficient (Wildman–Crippen LogP) is 8.48. The Labute approximate surface area is 193 Å². The van der Waals surface area contributed by atoms with Gasteiger partial charge in [-0.25, -0.2) is 4.39 Å². The molecule has 1 saturated carbocycles. The largest absolute Gasteiger partial charge is 0.205 e. The summed E-state index contributed by atoms with van der Waals surface area (Å²) < 4.78 is 15.0. The van der Waals surface area contributed by atoms with Crippen molar-refractivity contribution in [3.63, 3.8) is 0 Å². The topological polar surface area (TPSA) is 0 Å². The fourth-order valence-corrected chi connectivity index (χ4v) is 4.86. The van der Waals surface area contributed by atoms with E-state index in [1.54, 1.807) is 0 Å². The van der Waals surface area contributed by atoms with Crippen molar-refractivity contribution in [1.82, 2.24) is 0 Å². The second-order valence-corrected chi connectivity index (χ2v) is 9.70. The van der Waals surface area contributed by atoms with Gasteiger partial charge in [0, 0.05) is 10.9 Å². The summed E-state index contributed by atoms with van der Waals surface area (Å²) in [6.45, 7) is 4.57. The van der Waals surface area contributed by atoms with E-state index in [1.807, 2.05) is 24.3 Å². The summed E-state index contributed by atoms with van der Waals surface area (Å²) in [7, 11) is 0. The molecule has 0 spiro atoms. The standard InChI is InChI=1S/C31H35F/c1-3-4-5-27-17-21-30-29(22-27)20-19-28(31(30)32)18-16-26-14-12-25(13-15-26)11-10-24-8-6-23(2)7-9-24/h12-15,17,19-24H,3-11H2,1-2H3. The maximum absolute atomic E-state index is 15.0. The SMILES string of the molecule is CCCCc1ccc2c(F)c(C#Cc3ccc(CCC4CCC(C)CC4)cc3)ccc2c1.